The number of ketones is 2. The normalized spacial score (nSPS) is 70.6. The number of carbonyl (C=O) groups is 2. The van der Waals surface area contributed by atoms with Crippen LogP contribution in [-0.4, -0.2) is 11.6 Å². The zero-order valence-electron chi connectivity index (χ0n) is 7.85. The molecule has 72 valence electrons. The number of rotatable bonds is 0. The van der Waals surface area contributed by atoms with Gasteiger partial charge >= 0.3 is 0 Å². The summed E-state index contributed by atoms with van der Waals surface area (Å²) in [5.74, 6) is 5.67. The minimum Gasteiger partial charge on any atom is -0.299 e. The molecule has 0 spiro atoms. The number of fused-ring (bicyclic) bond motifs is 2. The molecule has 8 saturated carbocycles. The van der Waals surface area contributed by atoms with Crippen LogP contribution in [0.15, 0.2) is 0 Å². The van der Waals surface area contributed by atoms with Crippen molar-refractivity contribution in [3.63, 3.8) is 0 Å². The van der Waals surface area contributed by atoms with Gasteiger partial charge in [0, 0.05) is 24.7 Å². The molecular formula is C12H12O2. The third kappa shape index (κ3) is 0.396. The highest BCUT2D eigenvalue weighted by Gasteiger charge is 2.81. The topological polar surface area (TPSA) is 34.1 Å². The van der Waals surface area contributed by atoms with E-state index in [0.717, 1.165) is 24.7 Å². The lowest BCUT2D eigenvalue weighted by molar-refractivity contribution is -0.321. The zero-order chi connectivity index (χ0) is 9.19. The molecule has 8 aliphatic rings. The van der Waals surface area contributed by atoms with Gasteiger partial charge in [-0.15, -0.1) is 0 Å². The fourth-order valence-corrected chi connectivity index (χ4v) is 6.05. The van der Waals surface area contributed by atoms with Crippen molar-refractivity contribution in [3.05, 3.63) is 0 Å². The first-order chi connectivity index (χ1) is 6.79. The fourth-order valence-electron chi connectivity index (χ4n) is 6.05. The highest BCUT2D eigenvalue weighted by atomic mass is 16.1. The summed E-state index contributed by atoms with van der Waals surface area (Å²) in [7, 11) is 0. The van der Waals surface area contributed by atoms with Crippen molar-refractivity contribution in [2.24, 2.45) is 47.3 Å². The van der Waals surface area contributed by atoms with Crippen LogP contribution >= 0.6 is 0 Å². The van der Waals surface area contributed by atoms with Crippen LogP contribution in [0.25, 0.3) is 0 Å². The van der Waals surface area contributed by atoms with Gasteiger partial charge < -0.3 is 0 Å². The first kappa shape index (κ1) is 6.76. The van der Waals surface area contributed by atoms with E-state index in [2.05, 4.69) is 0 Å². The molecule has 8 atom stereocenters. The summed E-state index contributed by atoms with van der Waals surface area (Å²) < 4.78 is 0. The zero-order valence-corrected chi connectivity index (χ0v) is 7.85. The molecule has 0 heterocycles. The molecule has 14 heavy (non-hydrogen) atoms. The van der Waals surface area contributed by atoms with E-state index in [1.807, 2.05) is 0 Å². The van der Waals surface area contributed by atoms with E-state index < -0.39 is 0 Å². The summed E-state index contributed by atoms with van der Waals surface area (Å²) >= 11 is 0. The van der Waals surface area contributed by atoms with E-state index >= 15 is 0 Å². The third-order valence-corrected chi connectivity index (χ3v) is 6.14. The highest BCUT2D eigenvalue weighted by molar-refractivity contribution is 5.96. The van der Waals surface area contributed by atoms with Gasteiger partial charge in [-0.1, -0.05) is 0 Å². The summed E-state index contributed by atoms with van der Waals surface area (Å²) in [5, 5.41) is 0. The summed E-state index contributed by atoms with van der Waals surface area (Å²) in [6, 6.07) is 0. The molecule has 0 aromatic rings. The lowest BCUT2D eigenvalue weighted by atomic mass is 9.21. The SMILES string of the molecule is O=C1CC2C3C4C(=O)CC5C(C14)C2C53. The monoisotopic (exact) mass is 188 g/mol. The highest BCUT2D eigenvalue weighted by Crippen LogP contribution is 2.81. The number of carbonyl (C=O) groups excluding carboxylic acids is 2. The Bertz CT molecular complexity index is 361. The van der Waals surface area contributed by atoms with E-state index in [4.69, 9.17) is 0 Å². The molecule has 0 aromatic heterocycles. The van der Waals surface area contributed by atoms with Gasteiger partial charge in [0.15, 0.2) is 0 Å². The minimum absolute atomic E-state index is 0.200. The second-order valence-corrected chi connectivity index (χ2v) is 6.03. The van der Waals surface area contributed by atoms with E-state index in [1.165, 1.54) is 0 Å². The quantitative estimate of drug-likeness (QED) is 0.566. The molecule has 0 radical (unpaired) electrons. The predicted octanol–water partition coefficient (Wildman–Crippen LogP) is 0.902. The number of hydrogen-bond acceptors (Lipinski definition) is 2. The van der Waals surface area contributed by atoms with Gasteiger partial charge in [0.05, 0.1) is 0 Å². The van der Waals surface area contributed by atoms with Crippen molar-refractivity contribution in [3.8, 4) is 0 Å². The summed E-state index contributed by atoms with van der Waals surface area (Å²) in [6.45, 7) is 0. The van der Waals surface area contributed by atoms with Crippen molar-refractivity contribution < 1.29 is 9.59 Å². The first-order valence-electron chi connectivity index (χ1n) is 5.84. The number of Topliss-reactive ketones (excluding diaryl/α,β-unsaturated/α-hetero) is 2. The molecule has 0 aliphatic heterocycles. The fraction of sp³-hybridized carbons (Fsp3) is 0.833. The Hall–Kier alpha value is -0.660. The molecule has 0 amide bonds. The predicted molar refractivity (Wildman–Crippen MR) is 47.2 cm³/mol. The molecule has 8 bridgehead atoms. The van der Waals surface area contributed by atoms with Crippen LogP contribution in [0.1, 0.15) is 12.8 Å². The molecule has 0 N–H and O–H groups in total. The van der Waals surface area contributed by atoms with Crippen molar-refractivity contribution in [2.75, 3.05) is 0 Å². The maximum atomic E-state index is 11.8. The van der Waals surface area contributed by atoms with E-state index in [-0.39, 0.29) is 11.8 Å². The molecule has 8 aliphatic carbocycles. The van der Waals surface area contributed by atoms with Crippen LogP contribution in [-0.2, 0) is 9.59 Å². The number of hydrogen-bond donors (Lipinski definition) is 0. The molecular weight excluding hydrogens is 176 g/mol. The van der Waals surface area contributed by atoms with Crippen molar-refractivity contribution in [2.45, 2.75) is 12.8 Å². The molecule has 0 aromatic carbocycles. The van der Waals surface area contributed by atoms with E-state index in [1.54, 1.807) is 0 Å². The average Bonchev–Trinajstić information content (AvgIpc) is 2.16. The molecule has 2 heteroatoms. The maximum Gasteiger partial charge on any atom is 0.137 e. The average molecular weight is 188 g/mol. The maximum absolute atomic E-state index is 11.8. The van der Waals surface area contributed by atoms with Gasteiger partial charge in [-0.3, -0.25) is 9.59 Å². The molecule has 2 nitrogen and oxygen atoms in total. The minimum atomic E-state index is 0.200. The summed E-state index contributed by atoms with van der Waals surface area (Å²) in [4.78, 5) is 23.7. The van der Waals surface area contributed by atoms with Gasteiger partial charge in [-0.25, -0.2) is 0 Å². The van der Waals surface area contributed by atoms with E-state index in [9.17, 15) is 9.59 Å². The van der Waals surface area contributed by atoms with Crippen LogP contribution in [0.5, 0.6) is 0 Å². The van der Waals surface area contributed by atoms with Crippen LogP contribution in [0, 0.1) is 47.3 Å². The molecule has 8 rings (SSSR count). The second kappa shape index (κ2) is 1.62. The molecule has 8 fully saturated rings. The molecule has 0 saturated heterocycles. The second-order valence-electron chi connectivity index (χ2n) is 6.03. The molecule has 8 unspecified atom stereocenters. The summed E-state index contributed by atoms with van der Waals surface area (Å²) in [5.41, 5.74) is 0. The summed E-state index contributed by atoms with van der Waals surface area (Å²) in [6.07, 6.45) is 1.65. The standard InChI is InChI=1S/C12H12O2/c13-5-1-3-7-8-4-2-6(14)12(9(3)8)11(5)10(4)7/h3-4,7-12H,1-2H2. The van der Waals surface area contributed by atoms with Gasteiger partial charge in [0.25, 0.3) is 0 Å². The Balaban J connectivity index is 1.77. The first-order valence-corrected chi connectivity index (χ1v) is 5.84. The van der Waals surface area contributed by atoms with Gasteiger partial charge in [-0.2, -0.15) is 0 Å². The Labute approximate surface area is 82.0 Å². The van der Waals surface area contributed by atoms with Gasteiger partial charge in [0.1, 0.15) is 11.6 Å². The van der Waals surface area contributed by atoms with Crippen LogP contribution in [0.3, 0.4) is 0 Å². The lowest BCUT2D eigenvalue weighted by Crippen LogP contribution is -2.82. The van der Waals surface area contributed by atoms with Crippen molar-refractivity contribution >= 4 is 11.6 Å². The third-order valence-electron chi connectivity index (χ3n) is 6.14. The van der Waals surface area contributed by atoms with Crippen LogP contribution < -0.4 is 0 Å². The van der Waals surface area contributed by atoms with Crippen molar-refractivity contribution in [1.29, 1.82) is 0 Å². The van der Waals surface area contributed by atoms with Crippen LogP contribution in [0.4, 0.5) is 0 Å². The van der Waals surface area contributed by atoms with Crippen LogP contribution in [0.2, 0.25) is 0 Å². The van der Waals surface area contributed by atoms with Crippen molar-refractivity contribution in [1.82, 2.24) is 0 Å². The Morgan fingerprint density at radius 1 is 0.714 bits per heavy atom. The van der Waals surface area contributed by atoms with Gasteiger partial charge in [0.2, 0.25) is 0 Å². The van der Waals surface area contributed by atoms with Gasteiger partial charge in [-0.05, 0) is 35.5 Å². The Morgan fingerprint density at radius 3 is 1.57 bits per heavy atom. The van der Waals surface area contributed by atoms with E-state index in [0.29, 0.717) is 35.2 Å². The Kier molecular flexibility index (Phi) is 0.780. The lowest BCUT2D eigenvalue weighted by Gasteiger charge is -2.81. The largest absolute Gasteiger partial charge is 0.299 e. The smallest absolute Gasteiger partial charge is 0.137 e. The Morgan fingerprint density at radius 2 is 1.14 bits per heavy atom.